The van der Waals surface area contributed by atoms with Gasteiger partial charge in [-0.05, 0) is 58.4 Å². The Morgan fingerprint density at radius 1 is 1.08 bits per heavy atom. The van der Waals surface area contributed by atoms with Crippen LogP contribution < -0.4 is 10.2 Å². The summed E-state index contributed by atoms with van der Waals surface area (Å²) in [5.74, 6) is 1.07. The number of piperazine rings is 1. The second-order valence-corrected chi connectivity index (χ2v) is 7.48. The molecule has 1 aliphatic rings. The number of carbonyl (C=O) groups is 1. The molecule has 1 unspecified atom stereocenters. The summed E-state index contributed by atoms with van der Waals surface area (Å²) >= 11 is 0. The molecule has 1 atom stereocenters. The lowest BCUT2D eigenvalue weighted by Gasteiger charge is -2.38. The Balaban J connectivity index is 1.68. The maximum Gasteiger partial charge on any atom is 0.237 e. The molecule has 26 heavy (non-hydrogen) atoms. The number of aromatic nitrogens is 2. The van der Waals surface area contributed by atoms with Crippen LogP contribution in [0, 0.1) is 13.8 Å². The summed E-state index contributed by atoms with van der Waals surface area (Å²) in [7, 11) is 0. The number of nitrogens with one attached hydrogen (secondary N) is 1. The summed E-state index contributed by atoms with van der Waals surface area (Å²) in [4.78, 5) is 26.1. The van der Waals surface area contributed by atoms with Crippen molar-refractivity contribution in [3.8, 4) is 0 Å². The van der Waals surface area contributed by atoms with Crippen LogP contribution in [-0.4, -0.2) is 59.0 Å². The molecule has 1 N–H and O–H groups in total. The average Bonchev–Trinajstić information content (AvgIpc) is 2.60. The smallest absolute Gasteiger partial charge is 0.237 e. The minimum absolute atomic E-state index is 0.101. The summed E-state index contributed by atoms with van der Waals surface area (Å²) in [6, 6.07) is 6.36. The summed E-state index contributed by atoms with van der Waals surface area (Å²) < 4.78 is 0. The number of hydrogen-bond donors (Lipinski definition) is 1. The van der Waals surface area contributed by atoms with E-state index in [1.54, 1.807) is 0 Å². The first kappa shape index (κ1) is 18.6. The molecule has 0 bridgehead atoms. The highest BCUT2D eigenvalue weighted by molar-refractivity contribution is 5.82. The van der Waals surface area contributed by atoms with Crippen LogP contribution in [0.5, 0.6) is 0 Å². The second kappa shape index (κ2) is 7.58. The molecule has 140 valence electrons. The molecule has 2 aromatic heterocycles. The van der Waals surface area contributed by atoms with Crippen LogP contribution >= 0.6 is 0 Å². The predicted octanol–water partition coefficient (Wildman–Crippen LogP) is 2.28. The van der Waals surface area contributed by atoms with E-state index < -0.39 is 0 Å². The normalized spacial score (nSPS) is 16.9. The minimum Gasteiger partial charge on any atom is -0.354 e. The first-order chi connectivity index (χ1) is 12.3. The Hall–Kier alpha value is -2.21. The van der Waals surface area contributed by atoms with Crippen LogP contribution in [0.3, 0.4) is 0 Å². The Labute approximate surface area is 155 Å². The molecule has 6 heteroatoms. The first-order valence-corrected chi connectivity index (χ1v) is 9.39. The number of rotatable bonds is 4. The van der Waals surface area contributed by atoms with E-state index >= 15 is 0 Å². The summed E-state index contributed by atoms with van der Waals surface area (Å²) in [5.41, 5.74) is 3.02. The van der Waals surface area contributed by atoms with Gasteiger partial charge in [0.25, 0.3) is 0 Å². The number of fused-ring (bicyclic) bond motifs is 1. The maximum absolute atomic E-state index is 12.2. The number of amides is 1. The van der Waals surface area contributed by atoms with Gasteiger partial charge in [0.1, 0.15) is 5.82 Å². The standard InChI is InChI=1S/C20H29N5O/c1-13(2)21-20(26)16(5)24-8-10-25(11-9-24)18-7-6-17-14(3)12-15(4)22-19(17)23-18/h6-7,12-13,16H,8-11H2,1-5H3,(H,21,26). The third-order valence-electron chi connectivity index (χ3n) is 4.99. The zero-order valence-electron chi connectivity index (χ0n) is 16.4. The Kier molecular flexibility index (Phi) is 5.41. The van der Waals surface area contributed by atoms with Gasteiger partial charge in [-0.1, -0.05) is 0 Å². The number of nitrogens with zero attached hydrogens (tertiary/aromatic N) is 4. The van der Waals surface area contributed by atoms with Crippen molar-refractivity contribution < 1.29 is 4.79 Å². The maximum atomic E-state index is 12.2. The highest BCUT2D eigenvalue weighted by atomic mass is 16.2. The molecule has 3 heterocycles. The quantitative estimate of drug-likeness (QED) is 0.912. The van der Waals surface area contributed by atoms with Gasteiger partial charge in [0.05, 0.1) is 6.04 Å². The van der Waals surface area contributed by atoms with Crippen LogP contribution in [0.15, 0.2) is 18.2 Å². The van der Waals surface area contributed by atoms with Crippen molar-refractivity contribution in [2.75, 3.05) is 31.1 Å². The van der Waals surface area contributed by atoms with E-state index in [-0.39, 0.29) is 18.0 Å². The van der Waals surface area contributed by atoms with Gasteiger partial charge in [0, 0.05) is 43.3 Å². The predicted molar refractivity (Wildman–Crippen MR) is 106 cm³/mol. The molecule has 0 aliphatic carbocycles. The van der Waals surface area contributed by atoms with Crippen LogP contribution in [0.2, 0.25) is 0 Å². The molecule has 6 nitrogen and oxygen atoms in total. The van der Waals surface area contributed by atoms with Crippen LogP contribution in [0.25, 0.3) is 11.0 Å². The van der Waals surface area contributed by atoms with Crippen molar-refractivity contribution in [1.82, 2.24) is 20.2 Å². The van der Waals surface area contributed by atoms with E-state index in [0.717, 1.165) is 48.7 Å². The van der Waals surface area contributed by atoms with E-state index in [9.17, 15) is 4.79 Å². The van der Waals surface area contributed by atoms with E-state index in [1.807, 2.05) is 27.7 Å². The van der Waals surface area contributed by atoms with Crippen molar-refractivity contribution in [3.63, 3.8) is 0 Å². The second-order valence-electron chi connectivity index (χ2n) is 7.48. The van der Waals surface area contributed by atoms with Crippen molar-refractivity contribution in [2.24, 2.45) is 0 Å². The van der Waals surface area contributed by atoms with Gasteiger partial charge < -0.3 is 10.2 Å². The number of pyridine rings is 2. The van der Waals surface area contributed by atoms with Gasteiger partial charge in [-0.25, -0.2) is 9.97 Å². The van der Waals surface area contributed by atoms with Crippen LogP contribution in [-0.2, 0) is 4.79 Å². The Morgan fingerprint density at radius 3 is 2.42 bits per heavy atom. The van der Waals surface area contributed by atoms with Crippen LogP contribution in [0.1, 0.15) is 32.0 Å². The van der Waals surface area contributed by atoms with Gasteiger partial charge in [-0.3, -0.25) is 9.69 Å². The van der Waals surface area contributed by atoms with Crippen molar-refractivity contribution in [3.05, 3.63) is 29.5 Å². The van der Waals surface area contributed by atoms with Crippen molar-refractivity contribution in [1.29, 1.82) is 0 Å². The molecule has 1 saturated heterocycles. The molecule has 0 spiro atoms. The number of hydrogen-bond acceptors (Lipinski definition) is 5. The first-order valence-electron chi connectivity index (χ1n) is 9.39. The molecule has 1 amide bonds. The molecular formula is C20H29N5O. The monoisotopic (exact) mass is 355 g/mol. The Morgan fingerprint density at radius 2 is 1.77 bits per heavy atom. The van der Waals surface area contributed by atoms with Gasteiger partial charge in [0.2, 0.25) is 5.91 Å². The van der Waals surface area contributed by atoms with Gasteiger partial charge in [-0.2, -0.15) is 0 Å². The summed E-state index contributed by atoms with van der Waals surface area (Å²) in [6.45, 7) is 13.5. The number of anilines is 1. The fourth-order valence-corrected chi connectivity index (χ4v) is 3.51. The highest BCUT2D eigenvalue weighted by Gasteiger charge is 2.26. The van der Waals surface area contributed by atoms with E-state index in [2.05, 4.69) is 45.2 Å². The Bertz CT molecular complexity index is 796. The fraction of sp³-hybridized carbons (Fsp3) is 0.550. The van der Waals surface area contributed by atoms with E-state index in [1.165, 1.54) is 5.56 Å². The van der Waals surface area contributed by atoms with Crippen molar-refractivity contribution in [2.45, 2.75) is 46.7 Å². The third-order valence-corrected chi connectivity index (χ3v) is 4.99. The van der Waals surface area contributed by atoms with Crippen molar-refractivity contribution >= 4 is 22.8 Å². The molecular weight excluding hydrogens is 326 g/mol. The largest absolute Gasteiger partial charge is 0.354 e. The fourth-order valence-electron chi connectivity index (χ4n) is 3.51. The zero-order chi connectivity index (χ0) is 18.8. The highest BCUT2D eigenvalue weighted by Crippen LogP contribution is 2.21. The average molecular weight is 355 g/mol. The lowest BCUT2D eigenvalue weighted by atomic mass is 10.1. The zero-order valence-corrected chi connectivity index (χ0v) is 16.4. The van der Waals surface area contributed by atoms with Gasteiger partial charge in [-0.15, -0.1) is 0 Å². The van der Waals surface area contributed by atoms with Gasteiger partial charge >= 0.3 is 0 Å². The number of carbonyl (C=O) groups excluding carboxylic acids is 1. The van der Waals surface area contributed by atoms with E-state index in [4.69, 9.17) is 4.98 Å². The topological polar surface area (TPSA) is 61.4 Å². The van der Waals surface area contributed by atoms with Crippen LogP contribution in [0.4, 0.5) is 5.82 Å². The molecule has 0 radical (unpaired) electrons. The van der Waals surface area contributed by atoms with Gasteiger partial charge in [0.15, 0.2) is 5.65 Å². The summed E-state index contributed by atoms with van der Waals surface area (Å²) in [6.07, 6.45) is 0. The third kappa shape index (κ3) is 3.96. The lowest BCUT2D eigenvalue weighted by Crippen LogP contribution is -2.54. The molecule has 3 rings (SSSR count). The minimum atomic E-state index is -0.101. The SMILES string of the molecule is Cc1cc(C)c2ccc(N3CCN(C(C)C(=O)NC(C)C)CC3)nc2n1. The molecule has 0 aromatic carbocycles. The molecule has 2 aromatic rings. The lowest BCUT2D eigenvalue weighted by molar-refractivity contribution is -0.126. The van der Waals surface area contributed by atoms with E-state index in [0.29, 0.717) is 0 Å². The molecule has 1 aliphatic heterocycles. The molecule has 0 saturated carbocycles. The molecule has 1 fully saturated rings. The summed E-state index contributed by atoms with van der Waals surface area (Å²) in [5, 5.41) is 4.11. The number of aryl methyl sites for hydroxylation is 2.